The van der Waals surface area contributed by atoms with E-state index in [1.54, 1.807) is 0 Å². The second kappa shape index (κ2) is 9.22. The molecule has 0 spiro atoms. The van der Waals surface area contributed by atoms with Crippen molar-refractivity contribution in [2.45, 2.75) is 45.1 Å². The minimum absolute atomic E-state index is 0.157. The van der Waals surface area contributed by atoms with Gasteiger partial charge in [0, 0.05) is 30.8 Å². The highest BCUT2D eigenvalue weighted by atomic mass is 16.5. The zero-order chi connectivity index (χ0) is 15.6. The van der Waals surface area contributed by atoms with Crippen LogP contribution in [-0.2, 0) is 9.53 Å². The minimum atomic E-state index is -0.157. The number of quaternary nitrogens is 1. The Kier molecular flexibility index (Phi) is 6.92. The summed E-state index contributed by atoms with van der Waals surface area (Å²) in [6, 6.07) is 4.67. The predicted molar refractivity (Wildman–Crippen MR) is 85.2 cm³/mol. The average molecular weight is 301 g/mol. The fourth-order valence-corrected chi connectivity index (χ4v) is 2.94. The van der Waals surface area contributed by atoms with Crippen LogP contribution in [0.15, 0.2) is 24.5 Å². The van der Waals surface area contributed by atoms with Gasteiger partial charge in [-0.25, -0.2) is 0 Å². The first kappa shape index (κ1) is 16.5. The molecule has 0 aliphatic carbocycles. The van der Waals surface area contributed by atoms with Gasteiger partial charge in [-0.1, -0.05) is 12.0 Å². The molecule has 0 radical (unpaired) electrons. The van der Waals surface area contributed by atoms with Gasteiger partial charge in [0.25, 0.3) is 0 Å². The summed E-state index contributed by atoms with van der Waals surface area (Å²) in [7, 11) is 0. The SMILES string of the molecule is CCOC(=O)CCC#CC[NH+]1CCCC[C@@H]1c1cccnc1. The van der Waals surface area contributed by atoms with Crippen LogP contribution in [0, 0.1) is 11.8 Å². The molecule has 1 saturated heterocycles. The van der Waals surface area contributed by atoms with Crippen molar-refractivity contribution in [3.8, 4) is 11.8 Å². The number of nitrogens with one attached hydrogen (secondary N) is 1. The number of hydrogen-bond acceptors (Lipinski definition) is 3. The largest absolute Gasteiger partial charge is 0.466 e. The number of piperidine rings is 1. The van der Waals surface area contributed by atoms with Crippen molar-refractivity contribution in [3.05, 3.63) is 30.1 Å². The maximum absolute atomic E-state index is 11.2. The third kappa shape index (κ3) is 5.16. The van der Waals surface area contributed by atoms with Crippen LogP contribution in [0.5, 0.6) is 0 Å². The van der Waals surface area contributed by atoms with E-state index in [1.165, 1.54) is 29.7 Å². The number of esters is 1. The summed E-state index contributed by atoms with van der Waals surface area (Å²) in [6.07, 6.45) is 8.51. The van der Waals surface area contributed by atoms with Crippen LogP contribution >= 0.6 is 0 Å². The van der Waals surface area contributed by atoms with E-state index >= 15 is 0 Å². The summed E-state index contributed by atoms with van der Waals surface area (Å²) in [5.41, 5.74) is 1.31. The molecule has 0 aromatic carbocycles. The van der Waals surface area contributed by atoms with Gasteiger partial charge in [0.05, 0.1) is 19.6 Å². The van der Waals surface area contributed by atoms with Crippen molar-refractivity contribution in [1.29, 1.82) is 0 Å². The Morgan fingerprint density at radius 2 is 2.36 bits per heavy atom. The lowest BCUT2D eigenvalue weighted by Crippen LogP contribution is -3.13. The summed E-state index contributed by atoms with van der Waals surface area (Å²) in [4.78, 5) is 17.0. The van der Waals surface area contributed by atoms with Gasteiger partial charge >= 0.3 is 5.97 Å². The molecule has 1 aliphatic rings. The van der Waals surface area contributed by atoms with Crippen LogP contribution in [0.3, 0.4) is 0 Å². The minimum Gasteiger partial charge on any atom is -0.466 e. The lowest BCUT2D eigenvalue weighted by Gasteiger charge is -2.31. The van der Waals surface area contributed by atoms with Gasteiger partial charge in [0.1, 0.15) is 12.6 Å². The molecule has 22 heavy (non-hydrogen) atoms. The number of carbonyl (C=O) groups excluding carboxylic acids is 1. The first-order chi connectivity index (χ1) is 10.8. The third-order valence-corrected chi connectivity index (χ3v) is 4.02. The highest BCUT2D eigenvalue weighted by Crippen LogP contribution is 2.18. The smallest absolute Gasteiger partial charge is 0.306 e. The number of aromatic nitrogens is 1. The maximum Gasteiger partial charge on any atom is 0.306 e. The van der Waals surface area contributed by atoms with E-state index < -0.39 is 0 Å². The first-order valence-electron chi connectivity index (χ1n) is 8.17. The van der Waals surface area contributed by atoms with Crippen molar-refractivity contribution in [1.82, 2.24) is 4.98 Å². The van der Waals surface area contributed by atoms with Gasteiger partial charge < -0.3 is 9.64 Å². The van der Waals surface area contributed by atoms with Gasteiger partial charge in [-0.05, 0) is 31.8 Å². The molecule has 2 atom stereocenters. The van der Waals surface area contributed by atoms with Crippen LogP contribution in [0.1, 0.15) is 50.6 Å². The van der Waals surface area contributed by atoms with E-state index in [1.807, 2.05) is 25.4 Å². The molecule has 0 amide bonds. The van der Waals surface area contributed by atoms with Gasteiger partial charge in [0.2, 0.25) is 0 Å². The van der Waals surface area contributed by atoms with E-state index in [-0.39, 0.29) is 5.97 Å². The van der Waals surface area contributed by atoms with Crippen molar-refractivity contribution < 1.29 is 14.4 Å². The van der Waals surface area contributed by atoms with Crippen molar-refractivity contribution in [2.24, 2.45) is 0 Å². The molecule has 1 aliphatic heterocycles. The lowest BCUT2D eigenvalue weighted by atomic mass is 9.96. The van der Waals surface area contributed by atoms with Gasteiger partial charge in [0.15, 0.2) is 0 Å². The Labute approximate surface area is 132 Å². The number of rotatable bonds is 5. The summed E-state index contributed by atoms with van der Waals surface area (Å²) < 4.78 is 4.89. The number of likely N-dealkylation sites (tertiary alicyclic amines) is 1. The molecule has 118 valence electrons. The maximum atomic E-state index is 11.2. The molecule has 2 heterocycles. The van der Waals surface area contributed by atoms with Crippen molar-refractivity contribution >= 4 is 5.97 Å². The monoisotopic (exact) mass is 301 g/mol. The third-order valence-electron chi connectivity index (χ3n) is 4.02. The fourth-order valence-electron chi connectivity index (χ4n) is 2.94. The van der Waals surface area contributed by atoms with E-state index in [0.29, 0.717) is 25.5 Å². The summed E-state index contributed by atoms with van der Waals surface area (Å²) >= 11 is 0. The molecule has 1 N–H and O–H groups in total. The Bertz CT molecular complexity index is 519. The molecular weight excluding hydrogens is 276 g/mol. The molecular formula is C18H25N2O2+. The fraction of sp³-hybridized carbons (Fsp3) is 0.556. The van der Waals surface area contributed by atoms with E-state index in [9.17, 15) is 4.79 Å². The highest BCUT2D eigenvalue weighted by Gasteiger charge is 2.26. The summed E-state index contributed by atoms with van der Waals surface area (Å²) in [5.74, 6) is 6.19. The van der Waals surface area contributed by atoms with Crippen molar-refractivity contribution in [2.75, 3.05) is 19.7 Å². The molecule has 1 aromatic rings. The van der Waals surface area contributed by atoms with Crippen LogP contribution in [0.2, 0.25) is 0 Å². The summed E-state index contributed by atoms with van der Waals surface area (Å²) in [5, 5.41) is 0. The quantitative estimate of drug-likeness (QED) is 0.663. The Hall–Kier alpha value is -1.86. The lowest BCUT2D eigenvalue weighted by molar-refractivity contribution is -0.930. The standard InChI is InChI=1S/C18H24N2O2/c1-2-22-18(21)11-4-3-6-13-20-14-7-5-10-17(20)16-9-8-12-19-15-16/h8-9,12,15,17H,2,4-5,7,10-11,13-14H2,1H3/p+1/t17-/m1/s1. The zero-order valence-corrected chi connectivity index (χ0v) is 13.3. The Morgan fingerprint density at radius 3 is 3.14 bits per heavy atom. The second-order valence-corrected chi connectivity index (χ2v) is 5.58. The van der Waals surface area contributed by atoms with E-state index in [2.05, 4.69) is 22.9 Å². The molecule has 2 rings (SSSR count). The number of carbonyl (C=O) groups is 1. The Morgan fingerprint density at radius 1 is 1.45 bits per heavy atom. The van der Waals surface area contributed by atoms with E-state index in [0.717, 1.165) is 13.1 Å². The number of hydrogen-bond donors (Lipinski definition) is 1. The molecule has 1 fully saturated rings. The predicted octanol–water partition coefficient (Wildman–Crippen LogP) is 1.54. The molecule has 4 heteroatoms. The average Bonchev–Trinajstić information content (AvgIpc) is 2.56. The Balaban J connectivity index is 1.84. The first-order valence-corrected chi connectivity index (χ1v) is 8.17. The zero-order valence-electron chi connectivity index (χ0n) is 13.3. The molecule has 1 unspecified atom stereocenters. The van der Waals surface area contributed by atoms with E-state index in [4.69, 9.17) is 4.74 Å². The topological polar surface area (TPSA) is 43.6 Å². The molecule has 0 saturated carbocycles. The van der Waals surface area contributed by atoms with Gasteiger partial charge in [-0.15, -0.1) is 0 Å². The van der Waals surface area contributed by atoms with Crippen LogP contribution in [0.25, 0.3) is 0 Å². The molecule has 4 nitrogen and oxygen atoms in total. The van der Waals surface area contributed by atoms with Gasteiger partial charge in [-0.2, -0.15) is 0 Å². The van der Waals surface area contributed by atoms with Crippen LogP contribution in [-0.4, -0.2) is 30.6 Å². The summed E-state index contributed by atoms with van der Waals surface area (Å²) in [6.45, 7) is 4.26. The normalized spacial score (nSPS) is 20.8. The number of nitrogens with zero attached hydrogens (tertiary/aromatic N) is 1. The second-order valence-electron chi connectivity index (χ2n) is 5.58. The van der Waals surface area contributed by atoms with Gasteiger partial charge in [-0.3, -0.25) is 9.78 Å². The highest BCUT2D eigenvalue weighted by molar-refractivity contribution is 5.69. The van der Waals surface area contributed by atoms with Crippen LogP contribution < -0.4 is 4.90 Å². The molecule has 0 bridgehead atoms. The number of ether oxygens (including phenoxy) is 1. The van der Waals surface area contributed by atoms with Crippen LogP contribution in [0.4, 0.5) is 0 Å². The van der Waals surface area contributed by atoms with Crippen molar-refractivity contribution in [3.63, 3.8) is 0 Å². The number of pyridine rings is 1. The molecule has 1 aromatic heterocycles.